The Hall–Kier alpha value is -1.69. The highest BCUT2D eigenvalue weighted by atomic mass is 16.6. The maximum absolute atomic E-state index is 11.1. The van der Waals surface area contributed by atoms with Crippen LogP contribution in [0.15, 0.2) is 12.3 Å². The first-order chi connectivity index (χ1) is 9.41. The summed E-state index contributed by atoms with van der Waals surface area (Å²) in [5, 5.41) is 24.5. The van der Waals surface area contributed by atoms with E-state index in [9.17, 15) is 15.2 Å². The fourth-order valence-electron chi connectivity index (χ4n) is 2.63. The van der Waals surface area contributed by atoms with Gasteiger partial charge in [0, 0.05) is 18.3 Å². The predicted octanol–water partition coefficient (Wildman–Crippen LogP) is 2.65. The Morgan fingerprint density at radius 1 is 1.55 bits per heavy atom. The molecule has 0 aliphatic heterocycles. The Morgan fingerprint density at radius 2 is 2.20 bits per heavy atom. The van der Waals surface area contributed by atoms with Gasteiger partial charge in [0.05, 0.1) is 10.5 Å². The van der Waals surface area contributed by atoms with Gasteiger partial charge >= 0.3 is 5.69 Å². The molecule has 0 spiro atoms. The second-order valence-electron chi connectivity index (χ2n) is 5.84. The molecule has 6 nitrogen and oxygen atoms in total. The highest BCUT2D eigenvalue weighted by Crippen LogP contribution is 2.33. The molecule has 0 atom stereocenters. The van der Waals surface area contributed by atoms with Gasteiger partial charge in [-0.05, 0) is 44.6 Å². The van der Waals surface area contributed by atoms with E-state index in [-0.39, 0.29) is 11.5 Å². The molecule has 0 unspecified atom stereocenters. The van der Waals surface area contributed by atoms with E-state index in [1.807, 2.05) is 0 Å². The molecule has 1 aromatic rings. The van der Waals surface area contributed by atoms with Crippen molar-refractivity contribution < 1.29 is 10.0 Å². The van der Waals surface area contributed by atoms with E-state index in [1.165, 1.54) is 6.20 Å². The van der Waals surface area contributed by atoms with Crippen LogP contribution in [0.2, 0.25) is 0 Å². The second-order valence-corrected chi connectivity index (χ2v) is 5.84. The van der Waals surface area contributed by atoms with Crippen LogP contribution in [0.3, 0.4) is 0 Å². The Kier molecular flexibility index (Phi) is 4.23. The first kappa shape index (κ1) is 14.7. The van der Waals surface area contributed by atoms with E-state index in [1.54, 1.807) is 13.0 Å². The maximum Gasteiger partial charge on any atom is 0.314 e. The van der Waals surface area contributed by atoms with Crippen molar-refractivity contribution in [1.82, 2.24) is 4.98 Å². The van der Waals surface area contributed by atoms with E-state index < -0.39 is 10.5 Å². The van der Waals surface area contributed by atoms with Crippen LogP contribution in [-0.4, -0.2) is 27.2 Å². The van der Waals surface area contributed by atoms with Crippen LogP contribution >= 0.6 is 0 Å². The third-order valence-electron chi connectivity index (χ3n) is 4.10. The van der Waals surface area contributed by atoms with Crippen molar-refractivity contribution in [2.24, 2.45) is 5.92 Å². The lowest BCUT2D eigenvalue weighted by molar-refractivity contribution is -0.384. The summed E-state index contributed by atoms with van der Waals surface area (Å²) in [5.74, 6) is 0.878. The second kappa shape index (κ2) is 5.75. The standard InChI is InChI=1S/C14H21N3O3/c1-10-3-6-14(18,7-4-10)9-16-13-12(17(19)20)11(2)5-8-15-13/h5,8,10,18H,3-4,6-7,9H2,1-2H3,(H,15,16). The van der Waals surface area contributed by atoms with Crippen LogP contribution in [0.25, 0.3) is 0 Å². The average molecular weight is 279 g/mol. The highest BCUT2D eigenvalue weighted by molar-refractivity contribution is 5.59. The third-order valence-corrected chi connectivity index (χ3v) is 4.10. The smallest absolute Gasteiger partial charge is 0.314 e. The van der Waals surface area contributed by atoms with E-state index in [2.05, 4.69) is 17.2 Å². The predicted molar refractivity (Wildman–Crippen MR) is 76.7 cm³/mol. The minimum absolute atomic E-state index is 0.0136. The van der Waals surface area contributed by atoms with Crippen molar-refractivity contribution >= 4 is 11.5 Å². The van der Waals surface area contributed by atoms with E-state index in [4.69, 9.17) is 0 Å². The summed E-state index contributed by atoms with van der Waals surface area (Å²) in [7, 11) is 0. The number of hydrogen-bond donors (Lipinski definition) is 2. The van der Waals surface area contributed by atoms with Gasteiger partial charge in [-0.25, -0.2) is 4.98 Å². The lowest BCUT2D eigenvalue weighted by Gasteiger charge is -2.35. The van der Waals surface area contributed by atoms with Crippen molar-refractivity contribution in [2.45, 2.75) is 45.1 Å². The molecule has 0 bridgehead atoms. The van der Waals surface area contributed by atoms with Crippen LogP contribution in [0.4, 0.5) is 11.5 Å². The van der Waals surface area contributed by atoms with Gasteiger partial charge in [0.15, 0.2) is 0 Å². The number of aryl methyl sites for hydroxylation is 1. The zero-order valence-electron chi connectivity index (χ0n) is 11.9. The van der Waals surface area contributed by atoms with Crippen LogP contribution < -0.4 is 5.32 Å². The lowest BCUT2D eigenvalue weighted by atomic mass is 9.79. The number of hydrogen-bond acceptors (Lipinski definition) is 5. The molecular weight excluding hydrogens is 258 g/mol. The van der Waals surface area contributed by atoms with E-state index >= 15 is 0 Å². The van der Waals surface area contributed by atoms with Gasteiger partial charge < -0.3 is 10.4 Å². The molecule has 0 radical (unpaired) electrons. The SMILES string of the molecule is Cc1ccnc(NCC2(O)CCC(C)CC2)c1[N+](=O)[O-]. The van der Waals surface area contributed by atoms with Crippen molar-refractivity contribution in [3.05, 3.63) is 27.9 Å². The molecule has 1 heterocycles. The van der Waals surface area contributed by atoms with Crippen LogP contribution in [-0.2, 0) is 0 Å². The van der Waals surface area contributed by atoms with Gasteiger partial charge in [-0.3, -0.25) is 10.1 Å². The molecule has 1 fully saturated rings. The number of pyridine rings is 1. The number of aliphatic hydroxyl groups is 1. The average Bonchev–Trinajstić information content (AvgIpc) is 2.40. The van der Waals surface area contributed by atoms with Gasteiger partial charge in [-0.1, -0.05) is 6.92 Å². The largest absolute Gasteiger partial charge is 0.388 e. The normalized spacial score (nSPS) is 26.2. The van der Waals surface area contributed by atoms with Gasteiger partial charge in [0.1, 0.15) is 0 Å². The zero-order valence-corrected chi connectivity index (χ0v) is 11.9. The molecule has 1 aliphatic carbocycles. The summed E-state index contributed by atoms with van der Waals surface area (Å²) in [6, 6.07) is 1.61. The van der Waals surface area contributed by atoms with Gasteiger partial charge in [-0.15, -0.1) is 0 Å². The number of nitrogens with one attached hydrogen (secondary N) is 1. The Labute approximate surface area is 118 Å². The quantitative estimate of drug-likeness (QED) is 0.653. The summed E-state index contributed by atoms with van der Waals surface area (Å²) in [6.07, 6.45) is 4.96. The van der Waals surface area contributed by atoms with Gasteiger partial charge in [0.2, 0.25) is 5.82 Å². The van der Waals surface area contributed by atoms with E-state index in [0.29, 0.717) is 18.0 Å². The fraction of sp³-hybridized carbons (Fsp3) is 0.643. The zero-order chi connectivity index (χ0) is 14.8. The minimum Gasteiger partial charge on any atom is -0.388 e. The Balaban J connectivity index is 2.08. The van der Waals surface area contributed by atoms with Gasteiger partial charge in [0.25, 0.3) is 0 Å². The number of nitrogens with zero attached hydrogens (tertiary/aromatic N) is 2. The number of aromatic nitrogens is 1. The van der Waals surface area contributed by atoms with Crippen molar-refractivity contribution in [3.8, 4) is 0 Å². The molecule has 110 valence electrons. The molecular formula is C14H21N3O3. The first-order valence-electron chi connectivity index (χ1n) is 6.97. The molecule has 0 aromatic carbocycles. The molecule has 0 amide bonds. The molecule has 0 saturated heterocycles. The van der Waals surface area contributed by atoms with Crippen LogP contribution in [0.5, 0.6) is 0 Å². The lowest BCUT2D eigenvalue weighted by Crippen LogP contribution is -2.40. The number of anilines is 1. The van der Waals surface area contributed by atoms with Crippen LogP contribution in [0, 0.1) is 23.0 Å². The molecule has 2 N–H and O–H groups in total. The minimum atomic E-state index is -0.786. The maximum atomic E-state index is 11.1. The fourth-order valence-corrected chi connectivity index (χ4v) is 2.63. The monoisotopic (exact) mass is 279 g/mol. The Bertz CT molecular complexity index is 496. The molecule has 1 aromatic heterocycles. The highest BCUT2D eigenvalue weighted by Gasteiger charge is 2.32. The summed E-state index contributed by atoms with van der Waals surface area (Å²) in [4.78, 5) is 14.7. The molecule has 20 heavy (non-hydrogen) atoms. The number of nitro groups is 1. The summed E-state index contributed by atoms with van der Waals surface area (Å²) in [6.45, 7) is 4.17. The van der Waals surface area contributed by atoms with Crippen molar-refractivity contribution in [1.29, 1.82) is 0 Å². The molecule has 1 aliphatic rings. The topological polar surface area (TPSA) is 88.3 Å². The molecule has 2 rings (SSSR count). The van der Waals surface area contributed by atoms with Gasteiger partial charge in [-0.2, -0.15) is 0 Å². The summed E-state index contributed by atoms with van der Waals surface area (Å²) >= 11 is 0. The summed E-state index contributed by atoms with van der Waals surface area (Å²) < 4.78 is 0. The Morgan fingerprint density at radius 3 is 2.80 bits per heavy atom. The third kappa shape index (κ3) is 3.25. The van der Waals surface area contributed by atoms with Crippen LogP contribution in [0.1, 0.15) is 38.2 Å². The number of rotatable bonds is 4. The summed E-state index contributed by atoms with van der Waals surface area (Å²) in [5.41, 5.74) is -0.233. The molecule has 6 heteroatoms. The molecule has 1 saturated carbocycles. The first-order valence-corrected chi connectivity index (χ1v) is 6.97. The van der Waals surface area contributed by atoms with Crippen molar-refractivity contribution in [3.63, 3.8) is 0 Å². The van der Waals surface area contributed by atoms with Crippen molar-refractivity contribution in [2.75, 3.05) is 11.9 Å². The van der Waals surface area contributed by atoms with E-state index in [0.717, 1.165) is 25.7 Å².